The normalized spacial score (nSPS) is 14.9. The average Bonchev–Trinajstić information content (AvgIpc) is 3.21. The molecule has 4 aromatic carbocycles. The fourth-order valence-corrected chi connectivity index (χ4v) is 5.99. The lowest BCUT2D eigenvalue weighted by Crippen LogP contribution is -2.28. The molecule has 8 N–H and O–H groups in total. The van der Waals surface area contributed by atoms with E-state index >= 15 is 0 Å². The van der Waals surface area contributed by atoms with E-state index in [9.17, 15) is 40.9 Å². The number of hydrogen-bond acceptors (Lipinski definition) is 12. The minimum atomic E-state index is -0.428. The smallest absolute Gasteiger partial charge is 0.125 e. The van der Waals surface area contributed by atoms with Gasteiger partial charge < -0.3 is 40.9 Å². The molecule has 324 valence electrons. The first-order chi connectivity index (χ1) is 28.6. The van der Waals surface area contributed by atoms with Crippen LogP contribution in [0.4, 0.5) is 0 Å². The number of para-hydroxylation sites is 4. The Morgan fingerprint density at radius 3 is 0.633 bits per heavy atom. The zero-order valence-corrected chi connectivity index (χ0v) is 36.1. The first-order valence-electron chi connectivity index (χ1n) is 20.5. The molecule has 4 atom stereocenters. The van der Waals surface area contributed by atoms with Gasteiger partial charge in [0.1, 0.15) is 23.0 Å². The number of rotatable bonds is 18. The van der Waals surface area contributed by atoms with Crippen LogP contribution in [-0.4, -0.2) is 114 Å². The zero-order valence-electron chi connectivity index (χ0n) is 36.1. The van der Waals surface area contributed by atoms with Crippen LogP contribution >= 0.6 is 0 Å². The molecule has 4 rings (SSSR count). The topological polar surface area (TPSA) is 211 Å². The molecule has 12 heteroatoms. The molecular weight excluding hydrogens is 761 g/mol. The number of phenols is 4. The molecule has 0 unspecified atom stereocenters. The molecular formula is C48H64N4O8. The summed E-state index contributed by atoms with van der Waals surface area (Å²) in [6.45, 7) is 14.9. The predicted octanol–water partition coefficient (Wildman–Crippen LogP) is 6.82. The van der Waals surface area contributed by atoms with Gasteiger partial charge in [-0.05, 0) is 72.2 Å². The van der Waals surface area contributed by atoms with E-state index in [0.29, 0.717) is 45.1 Å². The van der Waals surface area contributed by atoms with Crippen molar-refractivity contribution in [2.45, 2.75) is 79.6 Å². The van der Waals surface area contributed by atoms with Crippen molar-refractivity contribution < 1.29 is 40.9 Å². The summed E-state index contributed by atoms with van der Waals surface area (Å²) in [5.74, 6) is 0.241. The molecule has 0 aliphatic heterocycles. The van der Waals surface area contributed by atoms with Gasteiger partial charge >= 0.3 is 0 Å². The SMILES string of the molecule is CC(C)[C@@H](CO)N=C(C(=N[C@H](CO)C(C)C)c1ccccc1O)c1ccccc1O.CC(C)[C@@H](CO)N=C(C(=N[C@H](CO)C(C)C)c1ccccc1O)c1ccccc1O. The molecule has 0 bridgehead atoms. The third-order valence-electron chi connectivity index (χ3n) is 10.1. The summed E-state index contributed by atoms with van der Waals surface area (Å²) < 4.78 is 0. The Morgan fingerprint density at radius 2 is 0.500 bits per heavy atom. The lowest BCUT2D eigenvalue weighted by molar-refractivity contribution is 0.239. The van der Waals surface area contributed by atoms with E-state index in [1.165, 1.54) is 0 Å². The highest BCUT2D eigenvalue weighted by Gasteiger charge is 2.26. The molecule has 0 fully saturated rings. The van der Waals surface area contributed by atoms with E-state index in [1.54, 1.807) is 97.1 Å². The van der Waals surface area contributed by atoms with E-state index in [-0.39, 0.29) is 73.1 Å². The fourth-order valence-electron chi connectivity index (χ4n) is 5.99. The van der Waals surface area contributed by atoms with Gasteiger partial charge in [-0.3, -0.25) is 20.0 Å². The van der Waals surface area contributed by atoms with E-state index < -0.39 is 24.2 Å². The fraction of sp³-hybridized carbons (Fsp3) is 0.417. The number of aliphatic imine (C=N–C) groups is 4. The lowest BCUT2D eigenvalue weighted by atomic mass is 9.95. The van der Waals surface area contributed by atoms with Crippen molar-refractivity contribution in [1.82, 2.24) is 0 Å². The second kappa shape index (κ2) is 24.0. The van der Waals surface area contributed by atoms with Crippen LogP contribution in [0.25, 0.3) is 0 Å². The van der Waals surface area contributed by atoms with Crippen molar-refractivity contribution in [3.8, 4) is 23.0 Å². The molecule has 0 spiro atoms. The summed E-state index contributed by atoms with van der Waals surface area (Å²) in [6.07, 6.45) is 0. The molecule has 0 aromatic heterocycles. The van der Waals surface area contributed by atoms with Gasteiger partial charge in [-0.2, -0.15) is 0 Å². The van der Waals surface area contributed by atoms with Crippen LogP contribution < -0.4 is 0 Å². The van der Waals surface area contributed by atoms with Crippen LogP contribution in [0.1, 0.15) is 77.6 Å². The molecule has 0 aliphatic carbocycles. The van der Waals surface area contributed by atoms with Crippen LogP contribution in [0.15, 0.2) is 117 Å². The quantitative estimate of drug-likeness (QED) is 0.0498. The maximum Gasteiger partial charge on any atom is 0.125 e. The third kappa shape index (κ3) is 13.3. The standard InChI is InChI=1S/2C24H32N2O4/c2*1-15(2)19(13-27)25-23(17-9-5-7-11-21(17)29)24(26-20(14-28)16(3)4)18-10-6-8-12-22(18)30/h2*5-12,15-16,19-20,27-30H,13-14H2,1-4H3/t2*19-,20-/m11/s1. The van der Waals surface area contributed by atoms with Gasteiger partial charge in [-0.25, -0.2) is 0 Å². The number of benzene rings is 4. The van der Waals surface area contributed by atoms with E-state index in [0.717, 1.165) is 0 Å². The van der Waals surface area contributed by atoms with E-state index in [2.05, 4.69) is 0 Å². The van der Waals surface area contributed by atoms with Crippen molar-refractivity contribution in [1.29, 1.82) is 0 Å². The maximum atomic E-state index is 10.6. The molecule has 0 saturated carbocycles. The summed E-state index contributed by atoms with van der Waals surface area (Å²) in [4.78, 5) is 19.1. The summed E-state index contributed by atoms with van der Waals surface area (Å²) >= 11 is 0. The van der Waals surface area contributed by atoms with Gasteiger partial charge in [0, 0.05) is 22.3 Å². The number of hydrogen-bond donors (Lipinski definition) is 8. The van der Waals surface area contributed by atoms with Crippen molar-refractivity contribution in [2.24, 2.45) is 43.6 Å². The van der Waals surface area contributed by atoms with E-state index in [1.807, 2.05) is 55.4 Å². The number of nitrogens with zero attached hydrogens (tertiary/aromatic N) is 4. The average molecular weight is 825 g/mol. The van der Waals surface area contributed by atoms with Crippen molar-refractivity contribution in [2.75, 3.05) is 26.4 Å². The van der Waals surface area contributed by atoms with Gasteiger partial charge in [0.15, 0.2) is 0 Å². The highest BCUT2D eigenvalue weighted by Crippen LogP contribution is 2.28. The summed E-state index contributed by atoms with van der Waals surface area (Å²) in [5.41, 5.74) is 3.22. The van der Waals surface area contributed by atoms with Crippen LogP contribution in [0.3, 0.4) is 0 Å². The van der Waals surface area contributed by atoms with Gasteiger partial charge in [0.25, 0.3) is 0 Å². The molecule has 4 aromatic rings. The van der Waals surface area contributed by atoms with Crippen LogP contribution in [-0.2, 0) is 0 Å². The number of aromatic hydroxyl groups is 4. The Balaban J connectivity index is 0.000000320. The van der Waals surface area contributed by atoms with Crippen molar-refractivity contribution >= 4 is 22.8 Å². The molecule has 0 radical (unpaired) electrons. The molecule has 0 saturated heterocycles. The molecule has 60 heavy (non-hydrogen) atoms. The van der Waals surface area contributed by atoms with Gasteiger partial charge in [0.2, 0.25) is 0 Å². The monoisotopic (exact) mass is 824 g/mol. The first-order valence-corrected chi connectivity index (χ1v) is 20.5. The zero-order chi connectivity index (χ0) is 44.5. The van der Waals surface area contributed by atoms with E-state index in [4.69, 9.17) is 20.0 Å². The molecule has 0 amide bonds. The Kier molecular flexibility index (Phi) is 19.6. The largest absolute Gasteiger partial charge is 0.507 e. The Bertz CT molecular complexity index is 1780. The second-order valence-electron chi connectivity index (χ2n) is 16.0. The first kappa shape index (κ1) is 49.0. The Hall–Kier alpha value is -5.40. The highest BCUT2D eigenvalue weighted by molar-refractivity contribution is 6.55. The van der Waals surface area contributed by atoms with Crippen LogP contribution in [0.2, 0.25) is 0 Å². The minimum absolute atomic E-state index is 0.0184. The third-order valence-corrected chi connectivity index (χ3v) is 10.1. The summed E-state index contributed by atoms with van der Waals surface area (Å²) in [7, 11) is 0. The minimum Gasteiger partial charge on any atom is -0.507 e. The number of phenolic OH excluding ortho intramolecular Hbond substituents is 4. The molecule has 0 heterocycles. The maximum absolute atomic E-state index is 10.6. The van der Waals surface area contributed by atoms with Gasteiger partial charge in [0.05, 0.1) is 73.4 Å². The van der Waals surface area contributed by atoms with Crippen molar-refractivity contribution in [3.05, 3.63) is 119 Å². The summed E-state index contributed by atoms with van der Waals surface area (Å²) in [5, 5.41) is 81.8. The number of aliphatic hydroxyl groups excluding tert-OH is 4. The Morgan fingerprint density at radius 1 is 0.333 bits per heavy atom. The summed E-state index contributed by atoms with van der Waals surface area (Å²) in [6, 6.07) is 25.4. The van der Waals surface area contributed by atoms with Gasteiger partial charge in [-0.15, -0.1) is 0 Å². The predicted molar refractivity (Wildman–Crippen MR) is 241 cm³/mol. The van der Waals surface area contributed by atoms with Crippen LogP contribution in [0.5, 0.6) is 23.0 Å². The number of aliphatic hydroxyl groups is 4. The molecule has 0 aliphatic rings. The van der Waals surface area contributed by atoms with Crippen LogP contribution in [0, 0.1) is 23.7 Å². The molecule has 12 nitrogen and oxygen atoms in total. The Labute approximate surface area is 354 Å². The highest BCUT2D eigenvalue weighted by atomic mass is 16.3. The lowest BCUT2D eigenvalue weighted by Gasteiger charge is -2.21. The van der Waals surface area contributed by atoms with Crippen molar-refractivity contribution in [3.63, 3.8) is 0 Å². The van der Waals surface area contributed by atoms with Gasteiger partial charge in [-0.1, -0.05) is 104 Å². The second-order valence-corrected chi connectivity index (χ2v) is 16.0.